The smallest absolute Gasteiger partial charge is 0.359 e. The molecule has 0 saturated heterocycles. The Bertz CT molecular complexity index is 946. The monoisotopic (exact) mass is 310 g/mol. The minimum atomic E-state index is -0.526. The van der Waals surface area contributed by atoms with E-state index in [1.165, 1.54) is 30.4 Å². The van der Waals surface area contributed by atoms with E-state index in [0.717, 1.165) is 4.68 Å². The first-order valence-electron chi connectivity index (χ1n) is 6.61. The molecule has 3 rings (SSSR count). The van der Waals surface area contributed by atoms with Crippen LogP contribution in [0, 0.1) is 15.3 Å². The van der Waals surface area contributed by atoms with Gasteiger partial charge in [-0.2, -0.15) is 0 Å². The summed E-state index contributed by atoms with van der Waals surface area (Å²) < 4.78 is 0.982. The summed E-state index contributed by atoms with van der Waals surface area (Å²) in [5, 5.41) is 26.0. The number of carbonyl (C=O) groups is 1. The van der Waals surface area contributed by atoms with E-state index in [2.05, 4.69) is 5.21 Å². The zero-order valence-corrected chi connectivity index (χ0v) is 11.7. The summed E-state index contributed by atoms with van der Waals surface area (Å²) in [4.78, 5) is 22.8. The van der Waals surface area contributed by atoms with Crippen LogP contribution in [0.3, 0.4) is 0 Å². The Hall–Kier alpha value is -3.55. The number of benzene rings is 2. The highest BCUT2D eigenvalue weighted by molar-refractivity contribution is 5.97. The van der Waals surface area contributed by atoms with Crippen molar-refractivity contribution in [3.05, 3.63) is 75.5 Å². The number of allylic oxidation sites excluding steroid dienone is 1. The molecule has 0 amide bonds. The van der Waals surface area contributed by atoms with E-state index >= 15 is 0 Å². The molecule has 0 radical (unpaired) electrons. The average Bonchev–Trinajstić information content (AvgIpc) is 2.90. The van der Waals surface area contributed by atoms with Gasteiger partial charge >= 0.3 is 5.91 Å². The van der Waals surface area contributed by atoms with Gasteiger partial charge in [0.25, 0.3) is 5.69 Å². The largest absolute Gasteiger partial charge is 0.691 e. The molecule has 0 fully saturated rings. The van der Waals surface area contributed by atoms with Gasteiger partial charge in [-0.15, -0.1) is 4.85 Å². The van der Waals surface area contributed by atoms with Gasteiger partial charge in [-0.1, -0.05) is 28.9 Å². The number of hydrogen-bond acceptors (Lipinski definition) is 5. The lowest BCUT2D eigenvalue weighted by atomic mass is 10.2. The van der Waals surface area contributed by atoms with Crippen LogP contribution in [0.4, 0.5) is 5.69 Å². The third-order valence-electron chi connectivity index (χ3n) is 3.19. The Kier molecular flexibility index (Phi) is 3.55. The average molecular weight is 310 g/mol. The molecule has 0 aliphatic heterocycles. The van der Waals surface area contributed by atoms with Gasteiger partial charge in [0.05, 0.1) is 4.92 Å². The number of non-ortho nitro benzene ring substituents is 1. The minimum Gasteiger partial charge on any atom is -0.691 e. The molecule has 114 valence electrons. The summed E-state index contributed by atoms with van der Waals surface area (Å²) in [5.74, 6) is -0.526. The number of rotatable bonds is 3. The van der Waals surface area contributed by atoms with E-state index in [1.54, 1.807) is 30.3 Å². The maximum absolute atomic E-state index is 12.2. The molecule has 0 aliphatic carbocycles. The van der Waals surface area contributed by atoms with Gasteiger partial charge < -0.3 is 5.21 Å². The fourth-order valence-corrected chi connectivity index (χ4v) is 2.13. The van der Waals surface area contributed by atoms with Crippen LogP contribution >= 0.6 is 0 Å². The Balaban J connectivity index is 1.92. The molecule has 0 atom stereocenters. The molecule has 8 nitrogen and oxygen atoms in total. The van der Waals surface area contributed by atoms with Crippen molar-refractivity contribution in [2.24, 2.45) is 0 Å². The first-order chi connectivity index (χ1) is 11.1. The molecule has 0 unspecified atom stereocenters. The van der Waals surface area contributed by atoms with Crippen molar-refractivity contribution >= 4 is 28.7 Å². The summed E-state index contributed by atoms with van der Waals surface area (Å²) >= 11 is 0. The van der Waals surface area contributed by atoms with Crippen LogP contribution in [0.1, 0.15) is 10.4 Å². The Morgan fingerprint density at radius 2 is 2.00 bits per heavy atom. The molecule has 0 bridgehead atoms. The van der Waals surface area contributed by atoms with Crippen molar-refractivity contribution < 1.29 is 14.6 Å². The maximum Gasteiger partial charge on any atom is 0.359 e. The number of carbonyl (C=O) groups excluding carboxylic acids is 1. The fourth-order valence-electron chi connectivity index (χ4n) is 2.13. The normalized spacial score (nSPS) is 11.1. The summed E-state index contributed by atoms with van der Waals surface area (Å²) in [5.41, 5.74) is 1.10. The molecule has 0 aliphatic rings. The SMILES string of the molecule is O=C(/C=C/c1cccc([N+](=O)[O-])c1)n1n[n+]([O-])c2ccccc21. The van der Waals surface area contributed by atoms with Gasteiger partial charge in [0.1, 0.15) is 5.21 Å². The van der Waals surface area contributed by atoms with Crippen molar-refractivity contribution in [3.63, 3.8) is 0 Å². The second kappa shape index (κ2) is 5.68. The predicted octanol–water partition coefficient (Wildman–Crippen LogP) is 1.93. The van der Waals surface area contributed by atoms with Crippen molar-refractivity contribution in [2.45, 2.75) is 0 Å². The van der Waals surface area contributed by atoms with E-state index in [9.17, 15) is 20.1 Å². The molecule has 2 aromatic carbocycles. The molecule has 23 heavy (non-hydrogen) atoms. The van der Waals surface area contributed by atoms with Crippen LogP contribution in [0.2, 0.25) is 0 Å². The van der Waals surface area contributed by atoms with Crippen LogP contribution in [0.25, 0.3) is 17.1 Å². The quantitative estimate of drug-likeness (QED) is 0.242. The van der Waals surface area contributed by atoms with Crippen molar-refractivity contribution in [2.75, 3.05) is 0 Å². The summed E-state index contributed by atoms with van der Waals surface area (Å²) in [6, 6.07) is 12.4. The lowest BCUT2D eigenvalue weighted by molar-refractivity contribution is -0.645. The van der Waals surface area contributed by atoms with Gasteiger partial charge in [0.15, 0.2) is 0 Å². The first kappa shape index (κ1) is 14.4. The fraction of sp³-hybridized carbons (Fsp3) is 0. The van der Waals surface area contributed by atoms with E-state index in [1.807, 2.05) is 0 Å². The molecular weight excluding hydrogens is 300 g/mol. The minimum absolute atomic E-state index is 0.0680. The Morgan fingerprint density at radius 1 is 1.22 bits per heavy atom. The predicted molar refractivity (Wildman–Crippen MR) is 81.4 cm³/mol. The summed E-state index contributed by atoms with van der Waals surface area (Å²) in [6.45, 7) is 0. The first-order valence-corrected chi connectivity index (χ1v) is 6.61. The molecule has 0 spiro atoms. The van der Waals surface area contributed by atoms with Gasteiger partial charge in [-0.3, -0.25) is 10.1 Å². The third kappa shape index (κ3) is 2.77. The highest BCUT2D eigenvalue weighted by Gasteiger charge is 2.18. The van der Waals surface area contributed by atoms with Crippen molar-refractivity contribution in [1.29, 1.82) is 0 Å². The summed E-state index contributed by atoms with van der Waals surface area (Å²) in [6.07, 6.45) is 2.64. The summed E-state index contributed by atoms with van der Waals surface area (Å²) in [7, 11) is 0. The standard InChI is InChI=1S/C15H10N4O4/c20-15(9-8-11-4-3-5-12(10-11)19(22)23)17-13-6-1-2-7-14(13)18(21)16-17/h1-10H/b9-8+. The van der Waals surface area contributed by atoms with Crippen LogP contribution in [-0.2, 0) is 0 Å². The van der Waals surface area contributed by atoms with Crippen LogP contribution in [0.15, 0.2) is 54.6 Å². The van der Waals surface area contributed by atoms with Gasteiger partial charge in [0.2, 0.25) is 11.0 Å². The van der Waals surface area contributed by atoms with Crippen LogP contribution in [0.5, 0.6) is 0 Å². The van der Waals surface area contributed by atoms with E-state index in [0.29, 0.717) is 15.9 Å². The Labute approximate surface area is 129 Å². The second-order valence-corrected chi connectivity index (χ2v) is 4.69. The molecule has 0 saturated carbocycles. The number of para-hydroxylation sites is 2. The van der Waals surface area contributed by atoms with Crippen LogP contribution in [-0.4, -0.2) is 20.7 Å². The maximum atomic E-state index is 12.2. The number of nitrogens with zero attached hydrogens (tertiary/aromatic N) is 4. The number of nitro groups is 1. The van der Waals surface area contributed by atoms with E-state index in [-0.39, 0.29) is 11.2 Å². The lowest BCUT2D eigenvalue weighted by Gasteiger charge is -1.93. The molecule has 1 aromatic heterocycles. The molecule has 1 heterocycles. The third-order valence-corrected chi connectivity index (χ3v) is 3.19. The Morgan fingerprint density at radius 3 is 2.78 bits per heavy atom. The zero-order chi connectivity index (χ0) is 16.4. The van der Waals surface area contributed by atoms with Crippen LogP contribution < -0.4 is 4.85 Å². The van der Waals surface area contributed by atoms with Gasteiger partial charge in [0, 0.05) is 18.2 Å². The topological polar surface area (TPSA) is 105 Å². The number of hydrogen-bond donors (Lipinski definition) is 0. The molecule has 3 aromatic rings. The molecule has 8 heteroatoms. The number of fused-ring (bicyclic) bond motifs is 1. The van der Waals surface area contributed by atoms with E-state index in [4.69, 9.17) is 0 Å². The highest BCUT2D eigenvalue weighted by Crippen LogP contribution is 2.14. The highest BCUT2D eigenvalue weighted by atomic mass is 16.6. The van der Waals surface area contributed by atoms with Gasteiger partial charge in [-0.05, 0) is 23.8 Å². The van der Waals surface area contributed by atoms with E-state index < -0.39 is 10.8 Å². The zero-order valence-electron chi connectivity index (χ0n) is 11.7. The molecule has 0 N–H and O–H groups in total. The van der Waals surface area contributed by atoms with Gasteiger partial charge in [-0.25, -0.2) is 4.79 Å². The van der Waals surface area contributed by atoms with Crippen molar-refractivity contribution in [3.8, 4) is 0 Å². The lowest BCUT2D eigenvalue weighted by Crippen LogP contribution is -2.30. The molecular formula is C15H10N4O4. The second-order valence-electron chi connectivity index (χ2n) is 4.69. The number of nitro benzene ring substituents is 1. The van der Waals surface area contributed by atoms with Crippen molar-refractivity contribution in [1.82, 2.24) is 9.90 Å². The number of aromatic nitrogens is 3.